The molecule has 1 heterocycles. The highest BCUT2D eigenvalue weighted by Gasteiger charge is 2.40. The Balaban J connectivity index is 1.93. The molecule has 0 bridgehead atoms. The summed E-state index contributed by atoms with van der Waals surface area (Å²) in [5.41, 5.74) is 0.218. The Morgan fingerprint density at radius 2 is 1.77 bits per heavy atom. The van der Waals surface area contributed by atoms with Crippen molar-refractivity contribution >= 4 is 11.9 Å². The van der Waals surface area contributed by atoms with Gasteiger partial charge in [0, 0.05) is 5.41 Å². The Hall–Kier alpha value is -2.09. The predicted octanol–water partition coefficient (Wildman–Crippen LogP) is 3.23. The summed E-state index contributed by atoms with van der Waals surface area (Å²) in [6.45, 7) is 3.07. The van der Waals surface area contributed by atoms with Crippen molar-refractivity contribution in [2.45, 2.75) is 38.9 Å². The van der Waals surface area contributed by atoms with Crippen LogP contribution < -0.4 is 5.32 Å². The first-order chi connectivity index (χ1) is 12.0. The lowest BCUT2D eigenvalue weighted by molar-refractivity contribution is -0.152. The van der Waals surface area contributed by atoms with Crippen LogP contribution in [0.1, 0.15) is 48.7 Å². The van der Waals surface area contributed by atoms with Gasteiger partial charge in [-0.05, 0) is 50.6 Å². The van der Waals surface area contributed by atoms with Gasteiger partial charge in [0.05, 0.1) is 18.2 Å². The zero-order chi connectivity index (χ0) is 19.5. The van der Waals surface area contributed by atoms with E-state index < -0.39 is 24.1 Å². The largest absolute Gasteiger partial charge is 0.478 e. The van der Waals surface area contributed by atoms with E-state index in [4.69, 9.17) is 5.11 Å². The van der Waals surface area contributed by atoms with Crippen molar-refractivity contribution < 1.29 is 27.9 Å². The van der Waals surface area contributed by atoms with Gasteiger partial charge >= 0.3 is 12.1 Å². The first kappa shape index (κ1) is 20.2. The number of nitrogens with zero attached hydrogens (tertiary/aromatic N) is 1. The van der Waals surface area contributed by atoms with E-state index in [0.29, 0.717) is 12.8 Å². The predicted molar refractivity (Wildman–Crippen MR) is 89.8 cm³/mol. The normalized spacial score (nSPS) is 19.0. The minimum atomic E-state index is -4.23. The maximum absolute atomic E-state index is 12.6. The van der Waals surface area contributed by atoms with Crippen molar-refractivity contribution in [3.63, 3.8) is 0 Å². The number of carbonyl (C=O) groups excluding carboxylic acids is 1. The molecular formula is C18H23F3N2O3. The topological polar surface area (TPSA) is 69.6 Å². The molecule has 1 aromatic rings. The number of hydrogen-bond donors (Lipinski definition) is 2. The molecule has 1 aliphatic rings. The van der Waals surface area contributed by atoms with E-state index in [1.54, 1.807) is 26.0 Å². The molecule has 0 radical (unpaired) electrons. The molecule has 1 fully saturated rings. The number of carboxylic acid groups (broad SMARTS) is 1. The Morgan fingerprint density at radius 1 is 1.23 bits per heavy atom. The molecular weight excluding hydrogens is 349 g/mol. The van der Waals surface area contributed by atoms with Gasteiger partial charge in [0.1, 0.15) is 0 Å². The van der Waals surface area contributed by atoms with E-state index in [9.17, 15) is 22.8 Å². The molecule has 1 aliphatic heterocycles. The summed E-state index contributed by atoms with van der Waals surface area (Å²) in [7, 11) is 0. The Morgan fingerprint density at radius 3 is 2.23 bits per heavy atom. The van der Waals surface area contributed by atoms with Crippen molar-refractivity contribution in [1.82, 2.24) is 10.2 Å². The van der Waals surface area contributed by atoms with Crippen LogP contribution in [0.15, 0.2) is 24.3 Å². The second kappa shape index (κ2) is 7.65. The lowest BCUT2D eigenvalue weighted by Crippen LogP contribution is -2.49. The van der Waals surface area contributed by atoms with Gasteiger partial charge in [-0.3, -0.25) is 9.69 Å². The van der Waals surface area contributed by atoms with Gasteiger partial charge in [-0.2, -0.15) is 13.2 Å². The maximum Gasteiger partial charge on any atom is 0.401 e. The summed E-state index contributed by atoms with van der Waals surface area (Å²) in [6.07, 6.45) is -3.51. The van der Waals surface area contributed by atoms with E-state index in [1.165, 1.54) is 17.0 Å². The summed E-state index contributed by atoms with van der Waals surface area (Å²) in [5.74, 6) is -1.22. The number of hydrogen-bond acceptors (Lipinski definition) is 3. The van der Waals surface area contributed by atoms with Crippen LogP contribution in [0.5, 0.6) is 0 Å². The van der Waals surface area contributed by atoms with Gasteiger partial charge in [-0.25, -0.2) is 4.79 Å². The second-order valence-electron chi connectivity index (χ2n) is 7.07. The molecule has 1 aromatic carbocycles. The number of amides is 1. The third-order valence-corrected chi connectivity index (χ3v) is 4.92. The summed E-state index contributed by atoms with van der Waals surface area (Å²) in [6, 6.07) is 5.90. The van der Waals surface area contributed by atoms with Crippen molar-refractivity contribution in [2.75, 3.05) is 19.6 Å². The first-order valence-electron chi connectivity index (χ1n) is 8.43. The number of carbonyl (C=O) groups is 2. The van der Waals surface area contributed by atoms with E-state index in [-0.39, 0.29) is 30.6 Å². The highest BCUT2D eigenvalue weighted by Crippen LogP contribution is 2.33. The number of halogens is 3. The lowest BCUT2D eigenvalue weighted by atomic mass is 9.79. The molecule has 0 aromatic heterocycles. The molecule has 8 heteroatoms. The molecule has 26 heavy (non-hydrogen) atoms. The van der Waals surface area contributed by atoms with Crippen LogP contribution >= 0.6 is 0 Å². The van der Waals surface area contributed by atoms with E-state index in [1.807, 2.05) is 0 Å². The second-order valence-corrected chi connectivity index (χ2v) is 7.07. The molecule has 0 saturated carbocycles. The van der Waals surface area contributed by atoms with Gasteiger partial charge in [0.25, 0.3) is 0 Å². The number of carboxylic acids is 1. The van der Waals surface area contributed by atoms with Crippen LogP contribution in [0.3, 0.4) is 0 Å². The summed E-state index contributed by atoms with van der Waals surface area (Å²) in [4.78, 5) is 24.8. The molecule has 144 valence electrons. The van der Waals surface area contributed by atoms with Gasteiger partial charge in [0.15, 0.2) is 0 Å². The third-order valence-electron chi connectivity index (χ3n) is 4.92. The van der Waals surface area contributed by atoms with Crippen LogP contribution in [0, 0.1) is 5.41 Å². The van der Waals surface area contributed by atoms with E-state index in [2.05, 4.69) is 5.32 Å². The number of aromatic carboxylic acids is 1. The molecule has 5 nitrogen and oxygen atoms in total. The number of piperidine rings is 1. The Kier molecular flexibility index (Phi) is 5.95. The summed E-state index contributed by atoms with van der Waals surface area (Å²) >= 11 is 0. The fourth-order valence-corrected chi connectivity index (χ4v) is 3.05. The summed E-state index contributed by atoms with van der Waals surface area (Å²) < 4.78 is 37.4. The molecule has 1 atom stereocenters. The minimum Gasteiger partial charge on any atom is -0.478 e. The van der Waals surface area contributed by atoms with Crippen molar-refractivity contribution in [3.05, 3.63) is 35.4 Å². The summed E-state index contributed by atoms with van der Waals surface area (Å²) in [5, 5.41) is 11.8. The number of alkyl halides is 3. The smallest absolute Gasteiger partial charge is 0.401 e. The van der Waals surface area contributed by atoms with Crippen LogP contribution in [-0.2, 0) is 4.79 Å². The van der Waals surface area contributed by atoms with E-state index in [0.717, 1.165) is 5.56 Å². The van der Waals surface area contributed by atoms with Crippen LogP contribution in [-0.4, -0.2) is 47.7 Å². The first-order valence-corrected chi connectivity index (χ1v) is 8.43. The standard InChI is InChI=1S/C18H23F3N2O3/c1-12(13-3-5-14(6-4-13)15(24)25)22-16(26)17(2)7-9-23(10-8-17)11-18(19,20)21/h3-6,12H,7-11H2,1-2H3,(H,22,26)(H,24,25)/t12-/m1/s1. The number of nitrogens with one attached hydrogen (secondary N) is 1. The Labute approximate surface area is 150 Å². The molecule has 2 N–H and O–H groups in total. The molecule has 1 saturated heterocycles. The number of benzene rings is 1. The van der Waals surface area contributed by atoms with Gasteiger partial charge < -0.3 is 10.4 Å². The minimum absolute atomic E-state index is 0.163. The van der Waals surface area contributed by atoms with Gasteiger partial charge in [-0.15, -0.1) is 0 Å². The van der Waals surface area contributed by atoms with Crippen LogP contribution in [0.25, 0.3) is 0 Å². The third kappa shape index (κ3) is 5.20. The number of rotatable bonds is 5. The molecule has 2 rings (SSSR count). The average molecular weight is 372 g/mol. The SMILES string of the molecule is C[C@@H](NC(=O)C1(C)CCN(CC(F)(F)F)CC1)c1ccc(C(=O)O)cc1. The fraction of sp³-hybridized carbons (Fsp3) is 0.556. The van der Waals surface area contributed by atoms with Gasteiger partial charge in [0.2, 0.25) is 5.91 Å². The van der Waals surface area contributed by atoms with E-state index >= 15 is 0 Å². The van der Waals surface area contributed by atoms with Gasteiger partial charge in [-0.1, -0.05) is 19.1 Å². The lowest BCUT2D eigenvalue weighted by Gasteiger charge is -2.39. The van der Waals surface area contributed by atoms with Crippen molar-refractivity contribution in [2.24, 2.45) is 5.41 Å². The average Bonchev–Trinajstić information content (AvgIpc) is 2.56. The molecule has 1 amide bonds. The number of likely N-dealkylation sites (tertiary alicyclic amines) is 1. The molecule has 0 unspecified atom stereocenters. The highest BCUT2D eigenvalue weighted by atomic mass is 19.4. The Bertz CT molecular complexity index is 651. The maximum atomic E-state index is 12.6. The van der Waals surface area contributed by atoms with Crippen LogP contribution in [0.4, 0.5) is 13.2 Å². The van der Waals surface area contributed by atoms with Crippen molar-refractivity contribution in [1.29, 1.82) is 0 Å². The molecule has 0 spiro atoms. The van der Waals surface area contributed by atoms with Crippen LogP contribution in [0.2, 0.25) is 0 Å². The fourth-order valence-electron chi connectivity index (χ4n) is 3.05. The molecule has 0 aliphatic carbocycles. The zero-order valence-corrected chi connectivity index (χ0v) is 14.8. The highest BCUT2D eigenvalue weighted by molar-refractivity contribution is 5.87. The quantitative estimate of drug-likeness (QED) is 0.833. The monoisotopic (exact) mass is 372 g/mol. The zero-order valence-electron chi connectivity index (χ0n) is 14.8. The van der Waals surface area contributed by atoms with Crippen molar-refractivity contribution in [3.8, 4) is 0 Å².